The Labute approximate surface area is 202 Å². The highest BCUT2D eigenvalue weighted by atomic mass is 16.3. The molecule has 162 valence electrons. The number of hydrogen-bond donors (Lipinski definition) is 0. The van der Waals surface area contributed by atoms with Crippen molar-refractivity contribution in [1.82, 2.24) is 0 Å². The molecule has 3 heteroatoms. The van der Waals surface area contributed by atoms with E-state index in [2.05, 4.69) is 4.85 Å². The van der Waals surface area contributed by atoms with Crippen LogP contribution in [0.25, 0.3) is 38.2 Å². The monoisotopic (exact) mass is 431 g/mol. The van der Waals surface area contributed by atoms with Gasteiger partial charge in [-0.2, -0.15) is 4.85 Å². The number of aryl methyl sites for hydroxylation is 4. The number of nitrogens with zero attached hydrogens (tertiary/aromatic N) is 2. The molecule has 0 saturated heterocycles. The van der Waals surface area contributed by atoms with E-state index in [1.54, 1.807) is 44.5 Å². The highest BCUT2D eigenvalue weighted by Crippen LogP contribution is 2.37. The van der Waals surface area contributed by atoms with Crippen LogP contribution in [0.3, 0.4) is 0 Å². The number of hydrogen-bond acceptors (Lipinski definition) is 1. The zero-order chi connectivity index (χ0) is 30.0. The topological polar surface area (TPSA) is 21.4 Å². The van der Waals surface area contributed by atoms with E-state index in [-0.39, 0.29) is 33.7 Å². The highest BCUT2D eigenvalue weighted by molar-refractivity contribution is 5.95. The third-order valence-corrected chi connectivity index (χ3v) is 5.35. The molecular weight excluding hydrogens is 392 g/mol. The molecule has 0 bridgehead atoms. The quantitative estimate of drug-likeness (QED) is 0.241. The Bertz CT molecular complexity index is 1670. The molecule has 0 radical (unpaired) electrons. The van der Waals surface area contributed by atoms with E-state index in [1.807, 2.05) is 19.1 Å². The Morgan fingerprint density at radius 1 is 1.03 bits per heavy atom. The fourth-order valence-corrected chi connectivity index (χ4v) is 3.97. The molecule has 0 N–H and O–H groups in total. The molecule has 2 aromatic heterocycles. The maximum Gasteiger partial charge on any atom is 0.346 e. The second kappa shape index (κ2) is 7.95. The van der Waals surface area contributed by atoms with Crippen LogP contribution < -0.4 is 4.57 Å². The first-order valence-corrected chi connectivity index (χ1v) is 10.4. The summed E-state index contributed by atoms with van der Waals surface area (Å²) in [7, 11) is 1.71. The van der Waals surface area contributed by atoms with Gasteiger partial charge in [-0.1, -0.05) is 51.1 Å². The van der Waals surface area contributed by atoms with Gasteiger partial charge < -0.3 is 4.42 Å². The Balaban J connectivity index is 2.10. The third-order valence-electron chi connectivity index (χ3n) is 5.35. The minimum absolute atomic E-state index is 0.0399. The Morgan fingerprint density at radius 2 is 1.81 bits per heavy atom. The summed E-state index contributed by atoms with van der Waals surface area (Å²) in [5.41, 5.74) is 2.13. The Kier molecular flexibility index (Phi) is 3.46. The molecule has 0 aliphatic carbocycles. The lowest BCUT2D eigenvalue weighted by Gasteiger charge is -2.19. The van der Waals surface area contributed by atoms with Crippen molar-refractivity contribution in [2.75, 3.05) is 0 Å². The number of rotatable bonds is 3. The van der Waals surface area contributed by atoms with E-state index in [0.29, 0.717) is 22.2 Å². The minimum Gasteiger partial charge on any atom is -0.479 e. The van der Waals surface area contributed by atoms with Crippen molar-refractivity contribution in [3.05, 3.63) is 82.3 Å². The van der Waals surface area contributed by atoms with Gasteiger partial charge in [0.05, 0.1) is 12.1 Å². The summed E-state index contributed by atoms with van der Waals surface area (Å²) < 4.78 is 74.5. The standard InChI is InChI=1S/C29H31N2O/c1-18-9-11-22-14-26(30-7)32-28(22)27(18)25-15-24(20(3)17-31(25)8)23-12-10-21(13-19(23)2)16-29(4,5)6/h9-15,17H,16H2,1-6,8H3/q+1/i2D3,3D3,16D2. The van der Waals surface area contributed by atoms with Gasteiger partial charge in [-0.05, 0) is 66.3 Å². The van der Waals surface area contributed by atoms with E-state index in [1.165, 1.54) is 24.4 Å². The van der Waals surface area contributed by atoms with Gasteiger partial charge in [0, 0.05) is 28.0 Å². The zero-order valence-electron chi connectivity index (χ0n) is 26.9. The fourth-order valence-electron chi connectivity index (χ4n) is 3.97. The molecule has 0 amide bonds. The molecule has 0 unspecified atom stereocenters. The predicted molar refractivity (Wildman–Crippen MR) is 132 cm³/mol. The maximum atomic E-state index is 8.69. The van der Waals surface area contributed by atoms with Gasteiger partial charge in [-0.25, -0.2) is 4.57 Å². The van der Waals surface area contributed by atoms with Crippen LogP contribution in [0.4, 0.5) is 5.88 Å². The second-order valence-electron chi connectivity index (χ2n) is 9.10. The van der Waals surface area contributed by atoms with Crippen LogP contribution in [-0.4, -0.2) is 0 Å². The molecule has 0 spiro atoms. The van der Waals surface area contributed by atoms with Crippen LogP contribution in [0.1, 0.15) is 54.0 Å². The first-order valence-electron chi connectivity index (χ1n) is 14.4. The van der Waals surface area contributed by atoms with Crippen LogP contribution in [0, 0.1) is 32.6 Å². The number of furan rings is 1. The fraction of sp³-hybridized carbons (Fsp3) is 0.310. The largest absolute Gasteiger partial charge is 0.479 e. The van der Waals surface area contributed by atoms with Gasteiger partial charge in [0.2, 0.25) is 5.69 Å². The molecule has 32 heavy (non-hydrogen) atoms. The molecule has 0 aliphatic heterocycles. The highest BCUT2D eigenvalue weighted by Gasteiger charge is 2.22. The number of fused-ring (bicyclic) bond motifs is 1. The van der Waals surface area contributed by atoms with Crippen molar-refractivity contribution in [3.8, 4) is 22.4 Å². The van der Waals surface area contributed by atoms with E-state index in [9.17, 15) is 0 Å². The minimum atomic E-state index is -2.65. The van der Waals surface area contributed by atoms with Crippen molar-refractivity contribution in [1.29, 1.82) is 0 Å². The van der Waals surface area contributed by atoms with Gasteiger partial charge >= 0.3 is 5.88 Å². The summed E-state index contributed by atoms with van der Waals surface area (Å²) in [5, 5.41) is 0.713. The lowest BCUT2D eigenvalue weighted by Crippen LogP contribution is -2.31. The normalized spacial score (nSPS) is 16.6. The third kappa shape index (κ3) is 4.06. The lowest BCUT2D eigenvalue weighted by molar-refractivity contribution is -0.660. The van der Waals surface area contributed by atoms with Crippen molar-refractivity contribution < 1.29 is 20.0 Å². The van der Waals surface area contributed by atoms with Gasteiger partial charge in [0.25, 0.3) is 0 Å². The molecule has 2 aromatic carbocycles. The van der Waals surface area contributed by atoms with Crippen LogP contribution >= 0.6 is 0 Å². The van der Waals surface area contributed by atoms with Gasteiger partial charge in [0.15, 0.2) is 6.20 Å². The smallest absolute Gasteiger partial charge is 0.346 e. The van der Waals surface area contributed by atoms with Gasteiger partial charge in [-0.15, -0.1) is 0 Å². The summed E-state index contributed by atoms with van der Waals surface area (Å²) in [6.07, 6.45) is -0.375. The van der Waals surface area contributed by atoms with Crippen LogP contribution in [0.15, 0.2) is 53.1 Å². The maximum absolute atomic E-state index is 8.69. The Hall–Kier alpha value is -3.38. The van der Waals surface area contributed by atoms with Crippen LogP contribution in [-0.2, 0) is 13.4 Å². The lowest BCUT2D eigenvalue weighted by atomic mass is 9.86. The van der Waals surface area contributed by atoms with E-state index < -0.39 is 25.5 Å². The van der Waals surface area contributed by atoms with Crippen molar-refractivity contribution in [2.45, 2.75) is 47.8 Å². The van der Waals surface area contributed by atoms with Crippen molar-refractivity contribution >= 4 is 16.9 Å². The van der Waals surface area contributed by atoms with Gasteiger partial charge in [0.1, 0.15) is 12.6 Å². The van der Waals surface area contributed by atoms with Crippen LogP contribution in [0.2, 0.25) is 0 Å². The van der Waals surface area contributed by atoms with E-state index in [4.69, 9.17) is 22.0 Å². The first kappa shape index (κ1) is 13.9. The summed E-state index contributed by atoms with van der Waals surface area (Å²) in [5.74, 6) is 0.122. The molecule has 0 fully saturated rings. The molecule has 2 heterocycles. The molecule has 0 saturated carbocycles. The number of benzene rings is 2. The molecule has 0 aliphatic rings. The summed E-state index contributed by atoms with van der Waals surface area (Å²) in [6, 6.07) is 11.4. The summed E-state index contributed by atoms with van der Waals surface area (Å²) >= 11 is 0. The van der Waals surface area contributed by atoms with Gasteiger partial charge in [-0.3, -0.25) is 0 Å². The molecule has 0 atom stereocenters. The SMILES string of the molecule is [2H]C([2H])([2H])c1cc(C([2H])([2H])C(C)(C)C)ccc1-c1cc(-c2c(C)ccc3cc([N+]#[C-])oc23)[n+](C)cc1C([2H])([2H])[2H]. The molecule has 4 aromatic rings. The number of pyridine rings is 1. The van der Waals surface area contributed by atoms with E-state index in [0.717, 1.165) is 5.56 Å². The summed E-state index contributed by atoms with van der Waals surface area (Å²) in [6.45, 7) is 9.23. The summed E-state index contributed by atoms with van der Waals surface area (Å²) in [4.78, 5) is 3.40. The average molecular weight is 432 g/mol. The first-order chi connectivity index (χ1) is 18.3. The van der Waals surface area contributed by atoms with E-state index >= 15 is 0 Å². The molecule has 4 rings (SSSR count). The van der Waals surface area contributed by atoms with Crippen molar-refractivity contribution in [2.24, 2.45) is 12.5 Å². The number of aromatic nitrogens is 1. The Morgan fingerprint density at radius 3 is 2.50 bits per heavy atom. The average Bonchev–Trinajstić information content (AvgIpc) is 3.25. The zero-order valence-corrected chi connectivity index (χ0v) is 18.9. The molecular formula is C29H31N2O+. The second-order valence-corrected chi connectivity index (χ2v) is 9.10. The van der Waals surface area contributed by atoms with Crippen molar-refractivity contribution in [3.63, 3.8) is 0 Å². The molecule has 3 nitrogen and oxygen atoms in total. The predicted octanol–water partition coefficient (Wildman–Crippen LogP) is 7.66. The van der Waals surface area contributed by atoms with Crippen LogP contribution in [0.5, 0.6) is 0 Å².